The van der Waals surface area contributed by atoms with E-state index < -0.39 is 0 Å². The van der Waals surface area contributed by atoms with Crippen LogP contribution in [0.4, 0.5) is 0 Å². The number of rotatable bonds is 0. The molecule has 1 amide bonds. The molecule has 1 aliphatic heterocycles. The highest BCUT2D eigenvalue weighted by atomic mass is 16.2. The van der Waals surface area contributed by atoms with Crippen LogP contribution in [0.15, 0.2) is 0 Å². The van der Waals surface area contributed by atoms with E-state index in [0.29, 0.717) is 6.67 Å². The normalized spacial score (nSPS) is 26.4. The van der Waals surface area contributed by atoms with E-state index in [2.05, 4.69) is 26.1 Å². The average Bonchev–Trinajstić information content (AvgIpc) is 2.11. The smallest absolute Gasteiger partial charge is 0.241 e. The van der Waals surface area contributed by atoms with E-state index in [1.807, 2.05) is 7.05 Å². The molecule has 11 heavy (non-hydrogen) atoms. The van der Waals surface area contributed by atoms with E-state index in [-0.39, 0.29) is 17.4 Å². The zero-order chi connectivity index (χ0) is 8.65. The molecule has 0 aromatic heterocycles. The second-order valence-electron chi connectivity index (χ2n) is 4.20. The minimum absolute atomic E-state index is 0.00694. The van der Waals surface area contributed by atoms with Gasteiger partial charge in [0.1, 0.15) is 0 Å². The monoisotopic (exact) mass is 156 g/mol. The molecule has 0 aromatic carbocycles. The Bertz CT molecular complexity index is 171. The predicted octanol–water partition coefficient (Wildman–Crippen LogP) is 0.420. The molecule has 1 saturated heterocycles. The zero-order valence-electron chi connectivity index (χ0n) is 7.64. The third-order valence-corrected chi connectivity index (χ3v) is 2.02. The lowest BCUT2D eigenvalue weighted by Gasteiger charge is -2.24. The first-order valence-electron chi connectivity index (χ1n) is 3.91. The summed E-state index contributed by atoms with van der Waals surface area (Å²) >= 11 is 0. The van der Waals surface area contributed by atoms with E-state index in [1.165, 1.54) is 0 Å². The van der Waals surface area contributed by atoms with Gasteiger partial charge in [0.05, 0.1) is 12.7 Å². The third kappa shape index (κ3) is 1.53. The highest BCUT2D eigenvalue weighted by molar-refractivity contribution is 5.84. The summed E-state index contributed by atoms with van der Waals surface area (Å²) < 4.78 is 0. The van der Waals surface area contributed by atoms with Gasteiger partial charge >= 0.3 is 0 Å². The molecule has 0 radical (unpaired) electrons. The van der Waals surface area contributed by atoms with Crippen LogP contribution in [0.25, 0.3) is 0 Å². The molecule has 1 atom stereocenters. The molecule has 1 aliphatic rings. The molecule has 1 heterocycles. The van der Waals surface area contributed by atoms with Crippen LogP contribution in [-0.4, -0.2) is 30.6 Å². The van der Waals surface area contributed by atoms with Crippen LogP contribution in [0.3, 0.4) is 0 Å². The average molecular weight is 156 g/mol. The van der Waals surface area contributed by atoms with Crippen LogP contribution in [0, 0.1) is 5.41 Å². The SMILES string of the molecule is CN1CNC(C(C)(C)C)C1=O. The fourth-order valence-electron chi connectivity index (χ4n) is 1.29. The molecule has 3 heteroatoms. The molecule has 0 bridgehead atoms. The van der Waals surface area contributed by atoms with Gasteiger partial charge in [0, 0.05) is 7.05 Å². The Morgan fingerprint density at radius 3 is 2.27 bits per heavy atom. The van der Waals surface area contributed by atoms with Crippen molar-refractivity contribution in [2.24, 2.45) is 5.41 Å². The Labute approximate surface area is 67.8 Å². The van der Waals surface area contributed by atoms with Crippen molar-refractivity contribution in [3.8, 4) is 0 Å². The van der Waals surface area contributed by atoms with Crippen LogP contribution >= 0.6 is 0 Å². The Hall–Kier alpha value is -0.570. The van der Waals surface area contributed by atoms with Gasteiger partial charge in [-0.15, -0.1) is 0 Å². The summed E-state index contributed by atoms with van der Waals surface area (Å²) in [5, 5.41) is 3.17. The molecule has 0 spiro atoms. The fraction of sp³-hybridized carbons (Fsp3) is 0.875. The van der Waals surface area contributed by atoms with Gasteiger partial charge in [-0.3, -0.25) is 10.1 Å². The van der Waals surface area contributed by atoms with E-state index in [4.69, 9.17) is 0 Å². The summed E-state index contributed by atoms with van der Waals surface area (Å²) in [6, 6.07) is -0.00694. The quantitative estimate of drug-likeness (QED) is 0.551. The first kappa shape index (κ1) is 8.53. The molecule has 1 N–H and O–H groups in total. The van der Waals surface area contributed by atoms with Crippen molar-refractivity contribution in [3.05, 3.63) is 0 Å². The summed E-state index contributed by atoms with van der Waals surface area (Å²) in [7, 11) is 1.82. The first-order valence-corrected chi connectivity index (χ1v) is 3.91. The maximum atomic E-state index is 11.4. The molecule has 1 fully saturated rings. The minimum atomic E-state index is -0.00694. The van der Waals surface area contributed by atoms with Crippen LogP contribution in [0.2, 0.25) is 0 Å². The summed E-state index contributed by atoms with van der Waals surface area (Å²) in [5.41, 5.74) is 0.0296. The lowest BCUT2D eigenvalue weighted by Crippen LogP contribution is -2.40. The minimum Gasteiger partial charge on any atom is -0.332 e. The van der Waals surface area contributed by atoms with Gasteiger partial charge in [-0.1, -0.05) is 20.8 Å². The maximum Gasteiger partial charge on any atom is 0.241 e. The van der Waals surface area contributed by atoms with E-state index >= 15 is 0 Å². The van der Waals surface area contributed by atoms with Gasteiger partial charge in [0.15, 0.2) is 0 Å². The first-order chi connectivity index (χ1) is 4.93. The van der Waals surface area contributed by atoms with Crippen LogP contribution < -0.4 is 5.32 Å². The summed E-state index contributed by atoms with van der Waals surface area (Å²) in [6.45, 7) is 6.89. The highest BCUT2D eigenvalue weighted by Crippen LogP contribution is 2.23. The largest absolute Gasteiger partial charge is 0.332 e. The molecule has 0 aromatic rings. The number of hydrogen-bond acceptors (Lipinski definition) is 2. The van der Waals surface area contributed by atoms with Crippen molar-refractivity contribution < 1.29 is 4.79 Å². The molecule has 0 aliphatic carbocycles. The molecule has 1 unspecified atom stereocenters. The van der Waals surface area contributed by atoms with Crippen LogP contribution in [-0.2, 0) is 4.79 Å². The molecular weight excluding hydrogens is 140 g/mol. The second kappa shape index (κ2) is 2.48. The van der Waals surface area contributed by atoms with Gasteiger partial charge in [0.25, 0.3) is 0 Å². The van der Waals surface area contributed by atoms with E-state index in [0.717, 1.165) is 0 Å². The molecular formula is C8H16N2O. The van der Waals surface area contributed by atoms with Crippen molar-refractivity contribution in [2.75, 3.05) is 13.7 Å². The standard InChI is InChI=1S/C8H16N2O/c1-8(2,3)6-7(11)10(4)5-9-6/h6,9H,5H2,1-4H3. The number of carbonyl (C=O) groups excluding carboxylic acids is 1. The molecule has 64 valence electrons. The lowest BCUT2D eigenvalue weighted by atomic mass is 9.87. The number of nitrogens with one attached hydrogen (secondary N) is 1. The molecule has 0 saturated carbocycles. The van der Waals surface area contributed by atoms with E-state index in [1.54, 1.807) is 4.90 Å². The molecule has 1 rings (SSSR count). The van der Waals surface area contributed by atoms with Crippen molar-refractivity contribution in [3.63, 3.8) is 0 Å². The van der Waals surface area contributed by atoms with Gasteiger partial charge in [-0.2, -0.15) is 0 Å². The van der Waals surface area contributed by atoms with Gasteiger partial charge in [0.2, 0.25) is 5.91 Å². The maximum absolute atomic E-state index is 11.4. The van der Waals surface area contributed by atoms with Crippen molar-refractivity contribution in [1.29, 1.82) is 0 Å². The summed E-state index contributed by atoms with van der Waals surface area (Å²) in [6.07, 6.45) is 0. The highest BCUT2D eigenvalue weighted by Gasteiger charge is 2.37. The van der Waals surface area contributed by atoms with Crippen LogP contribution in [0.1, 0.15) is 20.8 Å². The Morgan fingerprint density at radius 2 is 2.09 bits per heavy atom. The number of nitrogens with zero attached hydrogens (tertiary/aromatic N) is 1. The van der Waals surface area contributed by atoms with Crippen molar-refractivity contribution in [1.82, 2.24) is 10.2 Å². The third-order valence-electron chi connectivity index (χ3n) is 2.02. The Kier molecular flexibility index (Phi) is 1.92. The topological polar surface area (TPSA) is 32.3 Å². The van der Waals surface area contributed by atoms with E-state index in [9.17, 15) is 4.79 Å². The Balaban J connectivity index is 2.70. The molecule has 3 nitrogen and oxygen atoms in total. The van der Waals surface area contributed by atoms with Crippen molar-refractivity contribution in [2.45, 2.75) is 26.8 Å². The second-order valence-corrected chi connectivity index (χ2v) is 4.20. The van der Waals surface area contributed by atoms with Crippen molar-refractivity contribution >= 4 is 5.91 Å². The lowest BCUT2D eigenvalue weighted by molar-refractivity contribution is -0.129. The number of likely N-dealkylation sites (N-methyl/N-ethyl adjacent to an activating group) is 1. The number of amides is 1. The van der Waals surface area contributed by atoms with Gasteiger partial charge < -0.3 is 4.90 Å². The van der Waals surface area contributed by atoms with Crippen LogP contribution in [0.5, 0.6) is 0 Å². The zero-order valence-corrected chi connectivity index (χ0v) is 7.64. The summed E-state index contributed by atoms with van der Waals surface area (Å²) in [5.74, 6) is 0.206. The predicted molar refractivity (Wildman–Crippen MR) is 44.0 cm³/mol. The number of hydrogen-bond donors (Lipinski definition) is 1. The van der Waals surface area contributed by atoms with Gasteiger partial charge in [-0.25, -0.2) is 0 Å². The fourth-order valence-corrected chi connectivity index (χ4v) is 1.29. The van der Waals surface area contributed by atoms with Gasteiger partial charge in [-0.05, 0) is 5.41 Å². The Morgan fingerprint density at radius 1 is 1.55 bits per heavy atom. The summed E-state index contributed by atoms with van der Waals surface area (Å²) in [4.78, 5) is 13.1. The number of carbonyl (C=O) groups is 1.